The molecule has 0 saturated heterocycles. The molecule has 0 aliphatic heterocycles. The number of furan rings is 1. The molecule has 132 valence electrons. The molecule has 0 unspecified atom stereocenters. The van der Waals surface area contributed by atoms with E-state index in [9.17, 15) is 9.59 Å². The first-order valence-electron chi connectivity index (χ1n) is 7.66. The lowest BCUT2D eigenvalue weighted by molar-refractivity contribution is 0.0994. The van der Waals surface area contributed by atoms with Crippen molar-refractivity contribution in [2.24, 2.45) is 0 Å². The van der Waals surface area contributed by atoms with E-state index in [4.69, 9.17) is 20.8 Å². The van der Waals surface area contributed by atoms with Crippen molar-refractivity contribution in [3.63, 3.8) is 0 Å². The van der Waals surface area contributed by atoms with Crippen LogP contribution in [0.3, 0.4) is 0 Å². The van der Waals surface area contributed by atoms with Crippen LogP contribution in [0.5, 0.6) is 5.75 Å². The van der Waals surface area contributed by atoms with Crippen molar-refractivity contribution in [3.05, 3.63) is 77.2 Å². The number of hydrogen-bond acceptors (Lipinski definition) is 4. The van der Waals surface area contributed by atoms with Crippen molar-refractivity contribution < 1.29 is 18.7 Å². The van der Waals surface area contributed by atoms with Gasteiger partial charge in [0.1, 0.15) is 5.75 Å². The second-order valence-electron chi connectivity index (χ2n) is 5.31. The number of amides is 2. The topological polar surface area (TPSA) is 80.6 Å². The first-order chi connectivity index (χ1) is 12.6. The quantitative estimate of drug-likeness (QED) is 0.695. The summed E-state index contributed by atoms with van der Waals surface area (Å²) in [5, 5.41) is 5.88. The van der Waals surface area contributed by atoms with Gasteiger partial charge in [-0.05, 0) is 48.5 Å². The summed E-state index contributed by atoms with van der Waals surface area (Å²) < 4.78 is 10.2. The molecule has 0 aliphatic carbocycles. The number of anilines is 2. The van der Waals surface area contributed by atoms with Crippen LogP contribution in [0, 0.1) is 0 Å². The molecule has 2 amide bonds. The van der Waals surface area contributed by atoms with Crippen molar-refractivity contribution >= 4 is 34.8 Å². The van der Waals surface area contributed by atoms with Crippen molar-refractivity contribution in [2.75, 3.05) is 17.7 Å². The zero-order chi connectivity index (χ0) is 18.5. The van der Waals surface area contributed by atoms with Gasteiger partial charge in [0, 0.05) is 16.4 Å². The van der Waals surface area contributed by atoms with Gasteiger partial charge < -0.3 is 19.8 Å². The van der Waals surface area contributed by atoms with E-state index in [2.05, 4.69) is 10.6 Å². The number of benzene rings is 2. The van der Waals surface area contributed by atoms with Crippen molar-refractivity contribution in [1.29, 1.82) is 0 Å². The van der Waals surface area contributed by atoms with E-state index >= 15 is 0 Å². The van der Waals surface area contributed by atoms with Crippen LogP contribution in [0.2, 0.25) is 5.02 Å². The van der Waals surface area contributed by atoms with Gasteiger partial charge in [0.25, 0.3) is 11.8 Å². The Balaban J connectivity index is 1.75. The van der Waals surface area contributed by atoms with Crippen molar-refractivity contribution in [1.82, 2.24) is 0 Å². The predicted octanol–water partition coefficient (Wildman–Crippen LogP) is 4.45. The van der Waals surface area contributed by atoms with Crippen LogP contribution < -0.4 is 15.4 Å². The summed E-state index contributed by atoms with van der Waals surface area (Å²) in [6, 6.07) is 14.7. The number of carbonyl (C=O) groups excluding carboxylic acids is 2. The molecule has 6 nitrogen and oxygen atoms in total. The van der Waals surface area contributed by atoms with Gasteiger partial charge in [0.05, 0.1) is 18.9 Å². The molecular weight excluding hydrogens is 356 g/mol. The third-order valence-electron chi connectivity index (χ3n) is 3.53. The van der Waals surface area contributed by atoms with Gasteiger partial charge in [-0.1, -0.05) is 17.7 Å². The Morgan fingerprint density at radius 2 is 1.69 bits per heavy atom. The molecule has 2 N–H and O–H groups in total. The molecule has 1 heterocycles. The van der Waals surface area contributed by atoms with Crippen LogP contribution in [0.25, 0.3) is 0 Å². The molecule has 2 aromatic carbocycles. The van der Waals surface area contributed by atoms with Crippen LogP contribution in [0.1, 0.15) is 20.9 Å². The van der Waals surface area contributed by atoms with Gasteiger partial charge in [-0.15, -0.1) is 0 Å². The summed E-state index contributed by atoms with van der Waals surface area (Å²) in [7, 11) is 1.48. The van der Waals surface area contributed by atoms with Gasteiger partial charge in [0.2, 0.25) is 0 Å². The van der Waals surface area contributed by atoms with E-state index in [1.165, 1.54) is 19.4 Å². The Hall–Kier alpha value is -3.25. The van der Waals surface area contributed by atoms with E-state index < -0.39 is 0 Å². The Morgan fingerprint density at radius 1 is 0.962 bits per heavy atom. The molecular formula is C19H15ClN2O4. The number of nitrogens with one attached hydrogen (secondary N) is 2. The third kappa shape index (κ3) is 4.04. The van der Waals surface area contributed by atoms with Gasteiger partial charge in [-0.2, -0.15) is 0 Å². The van der Waals surface area contributed by atoms with Gasteiger partial charge in [0.15, 0.2) is 5.76 Å². The fraction of sp³-hybridized carbons (Fsp3) is 0.0526. The maximum absolute atomic E-state index is 12.5. The molecule has 0 atom stereocenters. The fourth-order valence-corrected chi connectivity index (χ4v) is 2.50. The monoisotopic (exact) mass is 370 g/mol. The molecule has 3 aromatic rings. The lowest BCUT2D eigenvalue weighted by Gasteiger charge is -2.11. The summed E-state index contributed by atoms with van der Waals surface area (Å²) in [4.78, 5) is 24.5. The smallest absolute Gasteiger partial charge is 0.291 e. The SMILES string of the molecule is COc1ccc(Cl)cc1C(=O)Nc1cccc(NC(=O)c2ccco2)c1. The minimum absolute atomic E-state index is 0.197. The van der Waals surface area contributed by atoms with E-state index in [1.807, 2.05) is 0 Å². The highest BCUT2D eigenvalue weighted by atomic mass is 35.5. The highest BCUT2D eigenvalue weighted by molar-refractivity contribution is 6.31. The summed E-state index contributed by atoms with van der Waals surface area (Å²) in [6.45, 7) is 0. The summed E-state index contributed by atoms with van der Waals surface area (Å²) in [5.41, 5.74) is 1.33. The number of rotatable bonds is 5. The Kier molecular flexibility index (Phi) is 5.24. The average Bonchev–Trinajstić information content (AvgIpc) is 3.17. The Bertz CT molecular complexity index is 938. The first-order valence-corrected chi connectivity index (χ1v) is 8.04. The molecule has 0 saturated carbocycles. The number of hydrogen-bond donors (Lipinski definition) is 2. The average molecular weight is 371 g/mol. The van der Waals surface area contributed by atoms with Crippen LogP contribution >= 0.6 is 11.6 Å². The van der Waals surface area contributed by atoms with E-state index in [-0.39, 0.29) is 17.6 Å². The molecule has 0 bridgehead atoms. The summed E-state index contributed by atoms with van der Waals surface area (Å²) in [6.07, 6.45) is 1.42. The predicted molar refractivity (Wildman–Crippen MR) is 99.1 cm³/mol. The minimum atomic E-state index is -0.380. The molecule has 0 aliphatic rings. The molecule has 0 radical (unpaired) electrons. The number of methoxy groups -OCH3 is 1. The molecule has 3 rings (SSSR count). The summed E-state index contributed by atoms with van der Waals surface area (Å²) in [5.74, 6) is -0.147. The van der Waals surface area contributed by atoms with Crippen LogP contribution in [-0.4, -0.2) is 18.9 Å². The molecule has 1 aromatic heterocycles. The van der Waals surface area contributed by atoms with E-state index in [1.54, 1.807) is 48.5 Å². The summed E-state index contributed by atoms with van der Waals surface area (Å²) >= 11 is 5.96. The molecule has 26 heavy (non-hydrogen) atoms. The third-order valence-corrected chi connectivity index (χ3v) is 3.76. The fourth-order valence-electron chi connectivity index (χ4n) is 2.33. The first kappa shape index (κ1) is 17.6. The maximum Gasteiger partial charge on any atom is 0.291 e. The van der Waals surface area contributed by atoms with Crippen LogP contribution in [-0.2, 0) is 0 Å². The number of halogens is 1. The number of carbonyl (C=O) groups is 2. The van der Waals surface area contributed by atoms with Crippen LogP contribution in [0.4, 0.5) is 11.4 Å². The van der Waals surface area contributed by atoms with Gasteiger partial charge >= 0.3 is 0 Å². The second kappa shape index (κ2) is 7.76. The zero-order valence-corrected chi connectivity index (χ0v) is 14.5. The molecule has 0 fully saturated rings. The standard InChI is InChI=1S/C19H15ClN2O4/c1-25-16-8-7-12(20)10-15(16)18(23)21-13-4-2-5-14(11-13)22-19(24)17-6-3-9-26-17/h2-11H,1H3,(H,21,23)(H,22,24). The Labute approximate surface area is 154 Å². The molecule has 7 heteroatoms. The van der Waals surface area contributed by atoms with Crippen LogP contribution in [0.15, 0.2) is 65.3 Å². The zero-order valence-electron chi connectivity index (χ0n) is 13.8. The molecule has 0 spiro atoms. The van der Waals surface area contributed by atoms with E-state index in [0.29, 0.717) is 27.7 Å². The normalized spacial score (nSPS) is 10.2. The van der Waals surface area contributed by atoms with Gasteiger partial charge in [-0.25, -0.2) is 0 Å². The van der Waals surface area contributed by atoms with Crippen molar-refractivity contribution in [2.45, 2.75) is 0 Å². The minimum Gasteiger partial charge on any atom is -0.496 e. The maximum atomic E-state index is 12.5. The lowest BCUT2D eigenvalue weighted by Crippen LogP contribution is -2.14. The van der Waals surface area contributed by atoms with E-state index in [0.717, 1.165) is 0 Å². The largest absolute Gasteiger partial charge is 0.496 e. The second-order valence-corrected chi connectivity index (χ2v) is 5.75. The number of ether oxygens (including phenoxy) is 1. The Morgan fingerprint density at radius 3 is 2.35 bits per heavy atom. The van der Waals surface area contributed by atoms with Crippen molar-refractivity contribution in [3.8, 4) is 5.75 Å². The highest BCUT2D eigenvalue weighted by Gasteiger charge is 2.14. The van der Waals surface area contributed by atoms with Gasteiger partial charge in [-0.3, -0.25) is 9.59 Å². The lowest BCUT2D eigenvalue weighted by atomic mass is 10.1. The highest BCUT2D eigenvalue weighted by Crippen LogP contribution is 2.24.